The highest BCUT2D eigenvalue weighted by Gasteiger charge is 2.31. The van der Waals surface area contributed by atoms with E-state index < -0.39 is 0 Å². The van der Waals surface area contributed by atoms with Crippen LogP contribution in [0.15, 0.2) is 30.3 Å². The van der Waals surface area contributed by atoms with Crippen LogP contribution >= 0.6 is 0 Å². The van der Waals surface area contributed by atoms with Crippen LogP contribution in [0.5, 0.6) is 0 Å². The molecular weight excluding hydrogens is 276 g/mol. The van der Waals surface area contributed by atoms with E-state index in [0.717, 1.165) is 25.1 Å². The second-order valence-electron chi connectivity index (χ2n) is 6.53. The average molecular weight is 304 g/mol. The number of anilines is 1. The molecule has 4 heteroatoms. The second-order valence-corrected chi connectivity index (χ2v) is 6.53. The van der Waals surface area contributed by atoms with Gasteiger partial charge in [-0.05, 0) is 51.3 Å². The number of hydrogen-bond donors (Lipinski definition) is 1. The summed E-state index contributed by atoms with van der Waals surface area (Å²) in [6, 6.07) is 10.0. The first-order chi connectivity index (χ1) is 10.5. The first-order valence-electron chi connectivity index (χ1n) is 8.26. The number of aliphatic hydroxyl groups excluding tert-OH is 1. The van der Waals surface area contributed by atoms with Crippen molar-refractivity contribution in [2.45, 2.75) is 45.7 Å². The fourth-order valence-electron chi connectivity index (χ4n) is 3.39. The number of rotatable bonds is 5. The van der Waals surface area contributed by atoms with Gasteiger partial charge in [-0.15, -0.1) is 0 Å². The van der Waals surface area contributed by atoms with Crippen molar-refractivity contribution in [3.8, 4) is 0 Å². The van der Waals surface area contributed by atoms with Crippen LogP contribution in [-0.2, 0) is 4.79 Å². The smallest absolute Gasteiger partial charge is 0.241 e. The molecule has 1 aromatic rings. The number of carbonyl (C=O) groups is 1. The van der Waals surface area contributed by atoms with Gasteiger partial charge >= 0.3 is 0 Å². The van der Waals surface area contributed by atoms with Crippen molar-refractivity contribution in [1.29, 1.82) is 0 Å². The van der Waals surface area contributed by atoms with Gasteiger partial charge in [0.2, 0.25) is 5.91 Å². The Labute approximate surface area is 133 Å². The highest BCUT2D eigenvalue weighted by Crippen LogP contribution is 2.24. The van der Waals surface area contributed by atoms with Crippen molar-refractivity contribution in [1.82, 2.24) is 4.90 Å². The molecule has 1 aromatic carbocycles. The Morgan fingerprint density at radius 1 is 1.36 bits per heavy atom. The Balaban J connectivity index is 2.11. The predicted octanol–water partition coefficient (Wildman–Crippen LogP) is 2.52. The molecule has 0 aromatic heterocycles. The van der Waals surface area contributed by atoms with Crippen LogP contribution in [0, 0.1) is 5.92 Å². The van der Waals surface area contributed by atoms with E-state index in [2.05, 4.69) is 11.8 Å². The van der Waals surface area contributed by atoms with E-state index >= 15 is 0 Å². The van der Waals surface area contributed by atoms with Gasteiger partial charge in [-0.25, -0.2) is 0 Å². The van der Waals surface area contributed by atoms with Gasteiger partial charge in [-0.1, -0.05) is 25.1 Å². The highest BCUT2D eigenvalue weighted by molar-refractivity contribution is 5.95. The van der Waals surface area contributed by atoms with Gasteiger partial charge in [0.05, 0.1) is 13.2 Å². The van der Waals surface area contributed by atoms with Gasteiger partial charge in [-0.3, -0.25) is 9.69 Å². The lowest BCUT2D eigenvalue weighted by Crippen LogP contribution is -2.52. The largest absolute Gasteiger partial charge is 0.395 e. The first-order valence-corrected chi connectivity index (χ1v) is 8.26. The third-order valence-corrected chi connectivity index (χ3v) is 4.58. The van der Waals surface area contributed by atoms with Gasteiger partial charge in [0.1, 0.15) is 0 Å². The van der Waals surface area contributed by atoms with Gasteiger partial charge in [0.15, 0.2) is 0 Å². The van der Waals surface area contributed by atoms with Crippen LogP contribution in [-0.4, -0.2) is 47.7 Å². The molecule has 1 fully saturated rings. The van der Waals surface area contributed by atoms with Crippen LogP contribution in [0.25, 0.3) is 0 Å². The zero-order valence-electron chi connectivity index (χ0n) is 13.9. The number of amides is 1. The SMILES string of the molecule is CC1CCCN(CC(=O)N(c2ccccc2)C(C)C)C1CO. The summed E-state index contributed by atoms with van der Waals surface area (Å²) in [6.07, 6.45) is 2.22. The second kappa shape index (κ2) is 7.75. The van der Waals surface area contributed by atoms with Gasteiger partial charge in [0, 0.05) is 17.8 Å². The fraction of sp³-hybridized carbons (Fsp3) is 0.611. The van der Waals surface area contributed by atoms with Crippen molar-refractivity contribution in [3.63, 3.8) is 0 Å². The molecule has 1 amide bonds. The summed E-state index contributed by atoms with van der Waals surface area (Å²) in [4.78, 5) is 16.8. The molecule has 4 nitrogen and oxygen atoms in total. The minimum absolute atomic E-state index is 0.0995. The number of carbonyl (C=O) groups excluding carboxylic acids is 1. The van der Waals surface area contributed by atoms with Crippen LogP contribution < -0.4 is 4.90 Å². The average Bonchev–Trinajstić information content (AvgIpc) is 2.48. The maximum Gasteiger partial charge on any atom is 0.241 e. The van der Waals surface area contributed by atoms with Crippen LogP contribution in [0.4, 0.5) is 5.69 Å². The standard InChI is InChI=1S/C18H28N2O2/c1-14(2)20(16-9-5-4-6-10-16)18(22)12-19-11-7-8-15(3)17(19)13-21/h4-6,9-10,14-15,17,21H,7-8,11-13H2,1-3H3. The minimum Gasteiger partial charge on any atom is -0.395 e. The van der Waals surface area contributed by atoms with Crippen LogP contribution in [0.1, 0.15) is 33.6 Å². The molecule has 0 aliphatic carbocycles. The molecule has 2 unspecified atom stereocenters. The van der Waals surface area contributed by atoms with E-state index in [0.29, 0.717) is 12.5 Å². The number of aliphatic hydroxyl groups is 1. The highest BCUT2D eigenvalue weighted by atomic mass is 16.3. The molecule has 1 N–H and O–H groups in total. The van der Waals surface area contributed by atoms with Crippen molar-refractivity contribution >= 4 is 11.6 Å². The Kier molecular flexibility index (Phi) is 5.98. The molecular formula is C18H28N2O2. The summed E-state index contributed by atoms with van der Waals surface area (Å²) < 4.78 is 0. The third-order valence-electron chi connectivity index (χ3n) is 4.58. The molecule has 0 spiro atoms. The molecule has 1 aliphatic rings. The molecule has 0 bridgehead atoms. The lowest BCUT2D eigenvalue weighted by atomic mass is 9.91. The molecule has 122 valence electrons. The molecule has 1 saturated heterocycles. The maximum absolute atomic E-state index is 12.8. The minimum atomic E-state index is 0.0995. The number of likely N-dealkylation sites (tertiary alicyclic amines) is 1. The van der Waals surface area contributed by atoms with Gasteiger partial charge in [0.25, 0.3) is 0 Å². The lowest BCUT2D eigenvalue weighted by molar-refractivity contribution is -0.121. The summed E-state index contributed by atoms with van der Waals surface area (Å²) in [5, 5.41) is 9.64. The molecule has 0 saturated carbocycles. The van der Waals surface area contributed by atoms with Crippen molar-refractivity contribution in [3.05, 3.63) is 30.3 Å². The predicted molar refractivity (Wildman–Crippen MR) is 89.9 cm³/mol. The Bertz CT molecular complexity index is 475. The first kappa shape index (κ1) is 17.0. The lowest BCUT2D eigenvalue weighted by Gasteiger charge is -2.40. The van der Waals surface area contributed by atoms with Crippen LogP contribution in [0.3, 0.4) is 0 Å². The van der Waals surface area contributed by atoms with E-state index in [1.54, 1.807) is 0 Å². The summed E-state index contributed by atoms with van der Waals surface area (Å²) in [7, 11) is 0. The van der Waals surface area contributed by atoms with E-state index in [9.17, 15) is 9.90 Å². The molecule has 1 heterocycles. The van der Waals surface area contributed by atoms with Crippen molar-refractivity contribution in [2.75, 3.05) is 24.6 Å². The Hall–Kier alpha value is -1.39. The van der Waals surface area contributed by atoms with Gasteiger partial charge in [-0.2, -0.15) is 0 Å². The fourth-order valence-corrected chi connectivity index (χ4v) is 3.39. The molecule has 1 aliphatic heterocycles. The Morgan fingerprint density at radius 2 is 2.05 bits per heavy atom. The molecule has 2 rings (SSSR count). The number of benzene rings is 1. The number of para-hydroxylation sites is 1. The van der Waals surface area contributed by atoms with Gasteiger partial charge < -0.3 is 10.0 Å². The molecule has 2 atom stereocenters. The van der Waals surface area contributed by atoms with E-state index in [1.165, 1.54) is 0 Å². The summed E-state index contributed by atoms with van der Waals surface area (Å²) in [5.74, 6) is 0.546. The Morgan fingerprint density at radius 3 is 2.64 bits per heavy atom. The summed E-state index contributed by atoms with van der Waals surface area (Å²) >= 11 is 0. The maximum atomic E-state index is 12.8. The molecule has 0 radical (unpaired) electrons. The third kappa shape index (κ3) is 3.87. The normalized spacial score (nSPS) is 22.8. The van der Waals surface area contributed by atoms with Crippen LogP contribution in [0.2, 0.25) is 0 Å². The van der Waals surface area contributed by atoms with Crippen molar-refractivity contribution in [2.24, 2.45) is 5.92 Å². The summed E-state index contributed by atoms with van der Waals surface area (Å²) in [5.41, 5.74) is 0.938. The quantitative estimate of drug-likeness (QED) is 0.909. The van der Waals surface area contributed by atoms with Crippen molar-refractivity contribution < 1.29 is 9.90 Å². The number of hydrogen-bond acceptors (Lipinski definition) is 3. The molecule has 22 heavy (non-hydrogen) atoms. The van der Waals surface area contributed by atoms with E-state index in [1.807, 2.05) is 49.1 Å². The zero-order valence-corrected chi connectivity index (χ0v) is 13.9. The van der Waals surface area contributed by atoms with E-state index in [-0.39, 0.29) is 24.6 Å². The topological polar surface area (TPSA) is 43.8 Å². The number of nitrogens with zero attached hydrogens (tertiary/aromatic N) is 2. The zero-order chi connectivity index (χ0) is 16.1. The summed E-state index contributed by atoms with van der Waals surface area (Å²) in [6.45, 7) is 7.63. The number of piperidine rings is 1. The van der Waals surface area contributed by atoms with E-state index in [4.69, 9.17) is 0 Å². The monoisotopic (exact) mass is 304 g/mol.